The lowest BCUT2D eigenvalue weighted by atomic mass is 9.82. The van der Waals surface area contributed by atoms with Gasteiger partial charge in [-0.3, -0.25) is 0 Å². The zero-order valence-electron chi connectivity index (χ0n) is 6.02. The van der Waals surface area contributed by atoms with Crippen LogP contribution in [0.25, 0.3) is 0 Å². The smallest absolute Gasteiger partial charge is 0.0000131 e. The van der Waals surface area contributed by atoms with Gasteiger partial charge in [0.1, 0.15) is 0 Å². The van der Waals surface area contributed by atoms with Crippen LogP contribution in [0.3, 0.4) is 0 Å². The van der Waals surface area contributed by atoms with Crippen molar-refractivity contribution in [2.45, 2.75) is 26.2 Å². The monoisotopic (exact) mass is 142 g/mol. The maximum absolute atomic E-state index is 2.44. The fraction of sp³-hybridized carbons (Fsp3) is 1.00. The van der Waals surface area contributed by atoms with Gasteiger partial charge < -0.3 is 0 Å². The highest BCUT2D eigenvalue weighted by Gasteiger charge is 2.45. The van der Waals surface area contributed by atoms with E-state index in [1.807, 2.05) is 0 Å². The molecule has 1 atom stereocenters. The minimum Gasteiger partial charge on any atom is -0.161 e. The van der Waals surface area contributed by atoms with Gasteiger partial charge in [-0.25, -0.2) is 0 Å². The molecule has 2 aliphatic rings. The van der Waals surface area contributed by atoms with Crippen molar-refractivity contribution in [3.63, 3.8) is 0 Å². The molecule has 1 heterocycles. The molecule has 0 radical (unpaired) electrons. The topological polar surface area (TPSA) is 0 Å². The molecule has 1 spiro atoms. The second-order valence-electron chi connectivity index (χ2n) is 3.65. The Kier molecular flexibility index (Phi) is 1.29. The molecule has 2 rings (SSSR count). The van der Waals surface area contributed by atoms with Crippen molar-refractivity contribution in [2.24, 2.45) is 11.3 Å². The molecule has 1 unspecified atom stereocenters. The molecular weight excluding hydrogens is 128 g/mol. The molecule has 2 fully saturated rings. The molecule has 1 aliphatic heterocycles. The van der Waals surface area contributed by atoms with Crippen LogP contribution in [-0.2, 0) is 0 Å². The molecule has 0 aromatic heterocycles. The van der Waals surface area contributed by atoms with Crippen LogP contribution in [0.1, 0.15) is 26.2 Å². The van der Waals surface area contributed by atoms with E-state index in [1.54, 1.807) is 0 Å². The fourth-order valence-corrected chi connectivity index (χ4v) is 3.69. The lowest BCUT2D eigenvalue weighted by molar-refractivity contribution is 0.277. The van der Waals surface area contributed by atoms with Gasteiger partial charge in [-0.2, -0.15) is 11.8 Å². The lowest BCUT2D eigenvalue weighted by Crippen LogP contribution is -2.37. The summed E-state index contributed by atoms with van der Waals surface area (Å²) in [6.45, 7) is 2.44. The predicted octanol–water partition coefficient (Wildman–Crippen LogP) is 2.54. The Hall–Kier alpha value is 0.350. The van der Waals surface area contributed by atoms with Gasteiger partial charge >= 0.3 is 0 Å². The van der Waals surface area contributed by atoms with E-state index in [2.05, 4.69) is 18.7 Å². The summed E-state index contributed by atoms with van der Waals surface area (Å²) in [5.74, 6) is 3.97. The molecular formula is C8H14S. The van der Waals surface area contributed by atoms with Gasteiger partial charge in [-0.05, 0) is 29.3 Å². The van der Waals surface area contributed by atoms with Crippen LogP contribution in [0, 0.1) is 11.3 Å². The average Bonchev–Trinajstić information content (AvgIpc) is 2.07. The zero-order valence-corrected chi connectivity index (χ0v) is 6.84. The standard InChI is InChI=1S/C8H14S/c1-7-3-2-4-8(7)5-9-6-8/h7H,2-6H2,1H3. The lowest BCUT2D eigenvalue weighted by Gasteiger charge is -2.41. The third-order valence-electron chi connectivity index (χ3n) is 3.14. The number of hydrogen-bond acceptors (Lipinski definition) is 1. The Morgan fingerprint density at radius 2 is 2.22 bits per heavy atom. The summed E-state index contributed by atoms with van der Waals surface area (Å²) in [7, 11) is 0. The van der Waals surface area contributed by atoms with E-state index in [-0.39, 0.29) is 0 Å². The molecule has 0 aromatic rings. The predicted molar refractivity (Wildman–Crippen MR) is 42.8 cm³/mol. The van der Waals surface area contributed by atoms with Crippen molar-refractivity contribution in [3.8, 4) is 0 Å². The minimum atomic E-state index is 0.838. The maximum Gasteiger partial charge on any atom is -0.0000131 e. The van der Waals surface area contributed by atoms with Gasteiger partial charge in [0.15, 0.2) is 0 Å². The van der Waals surface area contributed by atoms with E-state index in [9.17, 15) is 0 Å². The highest BCUT2D eigenvalue weighted by molar-refractivity contribution is 8.00. The van der Waals surface area contributed by atoms with E-state index >= 15 is 0 Å². The first kappa shape index (κ1) is 6.09. The van der Waals surface area contributed by atoms with Crippen LogP contribution in [0.4, 0.5) is 0 Å². The van der Waals surface area contributed by atoms with Crippen molar-refractivity contribution in [1.82, 2.24) is 0 Å². The van der Waals surface area contributed by atoms with Gasteiger partial charge in [0.05, 0.1) is 0 Å². The van der Waals surface area contributed by atoms with Gasteiger partial charge in [-0.15, -0.1) is 0 Å². The van der Waals surface area contributed by atoms with Crippen molar-refractivity contribution in [2.75, 3.05) is 11.5 Å². The Bertz CT molecular complexity index is 116. The van der Waals surface area contributed by atoms with Crippen LogP contribution >= 0.6 is 11.8 Å². The van der Waals surface area contributed by atoms with Crippen molar-refractivity contribution in [3.05, 3.63) is 0 Å². The number of thioether (sulfide) groups is 1. The molecule has 0 N–H and O–H groups in total. The SMILES string of the molecule is CC1CCCC12CSC2. The third-order valence-corrected chi connectivity index (χ3v) is 4.69. The summed E-state index contributed by atoms with van der Waals surface area (Å²) in [6, 6.07) is 0. The first-order chi connectivity index (χ1) is 4.33. The molecule has 0 nitrogen and oxygen atoms in total. The van der Waals surface area contributed by atoms with Gasteiger partial charge in [0.25, 0.3) is 0 Å². The van der Waals surface area contributed by atoms with E-state index in [1.165, 1.54) is 30.8 Å². The van der Waals surface area contributed by atoms with Gasteiger partial charge in [0, 0.05) is 0 Å². The van der Waals surface area contributed by atoms with E-state index < -0.39 is 0 Å². The van der Waals surface area contributed by atoms with E-state index in [0.717, 1.165) is 11.3 Å². The molecule has 52 valence electrons. The molecule has 0 aromatic carbocycles. The summed E-state index contributed by atoms with van der Waals surface area (Å²) >= 11 is 2.14. The maximum atomic E-state index is 2.44. The van der Waals surface area contributed by atoms with Crippen LogP contribution in [0.2, 0.25) is 0 Å². The largest absolute Gasteiger partial charge is 0.161 e. The van der Waals surface area contributed by atoms with Crippen LogP contribution in [0.15, 0.2) is 0 Å². The number of hydrogen-bond donors (Lipinski definition) is 0. The zero-order chi connectivity index (χ0) is 6.32. The first-order valence-corrected chi connectivity index (χ1v) is 5.07. The second kappa shape index (κ2) is 1.91. The third kappa shape index (κ3) is 0.739. The van der Waals surface area contributed by atoms with Crippen molar-refractivity contribution < 1.29 is 0 Å². The molecule has 0 amide bonds. The molecule has 1 saturated heterocycles. The number of rotatable bonds is 0. The summed E-state index contributed by atoms with van der Waals surface area (Å²) < 4.78 is 0. The summed E-state index contributed by atoms with van der Waals surface area (Å²) in [4.78, 5) is 0. The molecule has 1 heteroatoms. The Morgan fingerprint density at radius 3 is 2.44 bits per heavy atom. The van der Waals surface area contributed by atoms with Gasteiger partial charge in [-0.1, -0.05) is 19.8 Å². The van der Waals surface area contributed by atoms with Crippen molar-refractivity contribution >= 4 is 11.8 Å². The van der Waals surface area contributed by atoms with Crippen LogP contribution < -0.4 is 0 Å². The first-order valence-electron chi connectivity index (χ1n) is 3.91. The fourth-order valence-electron chi connectivity index (χ4n) is 2.11. The molecule has 9 heavy (non-hydrogen) atoms. The second-order valence-corrected chi connectivity index (χ2v) is 4.63. The Balaban J connectivity index is 2.09. The molecule has 1 aliphatic carbocycles. The quantitative estimate of drug-likeness (QED) is 0.501. The highest BCUT2D eigenvalue weighted by atomic mass is 32.2. The Morgan fingerprint density at radius 1 is 1.44 bits per heavy atom. The van der Waals surface area contributed by atoms with Crippen LogP contribution in [-0.4, -0.2) is 11.5 Å². The summed E-state index contributed by atoms with van der Waals surface area (Å²) in [5.41, 5.74) is 0.838. The highest BCUT2D eigenvalue weighted by Crippen LogP contribution is 2.53. The van der Waals surface area contributed by atoms with Gasteiger partial charge in [0.2, 0.25) is 0 Å². The van der Waals surface area contributed by atoms with Crippen molar-refractivity contribution in [1.29, 1.82) is 0 Å². The van der Waals surface area contributed by atoms with E-state index in [4.69, 9.17) is 0 Å². The normalized spacial score (nSPS) is 39.0. The molecule has 1 saturated carbocycles. The minimum absolute atomic E-state index is 0.838. The molecule has 0 bridgehead atoms. The summed E-state index contributed by atoms with van der Waals surface area (Å²) in [6.07, 6.45) is 4.53. The van der Waals surface area contributed by atoms with Crippen LogP contribution in [0.5, 0.6) is 0 Å². The Labute approximate surface area is 61.4 Å². The van der Waals surface area contributed by atoms with E-state index in [0.29, 0.717) is 0 Å². The summed E-state index contributed by atoms with van der Waals surface area (Å²) in [5, 5.41) is 0. The average molecular weight is 142 g/mol.